The van der Waals surface area contributed by atoms with Gasteiger partial charge in [0.2, 0.25) is 0 Å². The minimum atomic E-state index is -0.621. The molecule has 0 saturated carbocycles. The van der Waals surface area contributed by atoms with Gasteiger partial charge in [0, 0.05) is 5.69 Å². The van der Waals surface area contributed by atoms with Crippen LogP contribution < -0.4 is 14.8 Å². The molecule has 1 N–H and O–H groups in total. The summed E-state index contributed by atoms with van der Waals surface area (Å²) in [6.07, 6.45) is 0. The van der Waals surface area contributed by atoms with E-state index in [-0.39, 0.29) is 12.2 Å². The fourth-order valence-corrected chi connectivity index (χ4v) is 2.94. The fraction of sp³-hybridized carbons (Fsp3) is 0.200. The van der Waals surface area contributed by atoms with Crippen molar-refractivity contribution in [2.24, 2.45) is 0 Å². The maximum Gasteiger partial charge on any atom is 0.338 e. The first kappa shape index (κ1) is 21.9. The Labute approximate surface area is 181 Å². The maximum atomic E-state index is 12.4. The van der Waals surface area contributed by atoms with E-state index >= 15 is 0 Å². The van der Waals surface area contributed by atoms with Crippen molar-refractivity contribution in [1.29, 1.82) is 0 Å². The Kier molecular flexibility index (Phi) is 7.27. The van der Waals surface area contributed by atoms with Crippen molar-refractivity contribution in [3.63, 3.8) is 0 Å². The van der Waals surface area contributed by atoms with Gasteiger partial charge in [0.05, 0.1) is 12.7 Å². The lowest BCUT2D eigenvalue weighted by atomic mass is 10.1. The molecule has 0 aromatic heterocycles. The van der Waals surface area contributed by atoms with Crippen molar-refractivity contribution in [2.45, 2.75) is 20.5 Å². The van der Waals surface area contributed by atoms with Gasteiger partial charge in [-0.1, -0.05) is 42.5 Å². The molecule has 0 saturated heterocycles. The van der Waals surface area contributed by atoms with E-state index < -0.39 is 11.9 Å². The first-order valence-electron chi connectivity index (χ1n) is 9.86. The number of amides is 1. The Morgan fingerprint density at radius 3 is 2.42 bits per heavy atom. The molecule has 0 bridgehead atoms. The summed E-state index contributed by atoms with van der Waals surface area (Å²) in [5.74, 6) is -0.110. The van der Waals surface area contributed by atoms with Crippen molar-refractivity contribution < 1.29 is 23.8 Å². The Hall–Kier alpha value is -3.80. The monoisotopic (exact) mass is 419 g/mol. The molecule has 0 aliphatic carbocycles. The molecule has 6 nitrogen and oxygen atoms in total. The number of benzene rings is 3. The number of esters is 1. The third kappa shape index (κ3) is 5.85. The smallest absolute Gasteiger partial charge is 0.338 e. The molecule has 0 atom stereocenters. The second kappa shape index (κ2) is 10.3. The quantitative estimate of drug-likeness (QED) is 0.537. The number of rotatable bonds is 8. The van der Waals surface area contributed by atoms with Gasteiger partial charge in [0.15, 0.2) is 18.1 Å². The van der Waals surface area contributed by atoms with Gasteiger partial charge in [-0.25, -0.2) is 4.79 Å². The Balaban J connectivity index is 1.58. The molecule has 6 heteroatoms. The lowest BCUT2D eigenvalue weighted by Gasteiger charge is -2.13. The van der Waals surface area contributed by atoms with E-state index in [1.807, 2.05) is 56.3 Å². The predicted molar refractivity (Wildman–Crippen MR) is 119 cm³/mol. The molecule has 0 unspecified atom stereocenters. The zero-order valence-corrected chi connectivity index (χ0v) is 17.8. The number of carbonyl (C=O) groups is 2. The molecule has 0 radical (unpaired) electrons. The summed E-state index contributed by atoms with van der Waals surface area (Å²) < 4.78 is 16.3. The van der Waals surface area contributed by atoms with Gasteiger partial charge in [-0.2, -0.15) is 0 Å². The Morgan fingerprint density at radius 1 is 0.903 bits per heavy atom. The van der Waals surface area contributed by atoms with E-state index in [0.29, 0.717) is 23.8 Å². The average molecular weight is 419 g/mol. The number of methoxy groups -OCH3 is 1. The van der Waals surface area contributed by atoms with Crippen molar-refractivity contribution in [1.82, 2.24) is 0 Å². The van der Waals surface area contributed by atoms with E-state index in [1.54, 1.807) is 18.2 Å². The zero-order chi connectivity index (χ0) is 22.2. The SMILES string of the molecule is COc1cc(C(=O)OCC(=O)Nc2cccc(C)c2C)ccc1OCc1ccccc1. The van der Waals surface area contributed by atoms with Crippen LogP contribution in [0, 0.1) is 13.8 Å². The molecule has 0 aliphatic heterocycles. The van der Waals surface area contributed by atoms with Crippen molar-refractivity contribution >= 4 is 17.6 Å². The zero-order valence-electron chi connectivity index (χ0n) is 17.8. The minimum Gasteiger partial charge on any atom is -0.493 e. The van der Waals surface area contributed by atoms with Gasteiger partial charge in [0.1, 0.15) is 6.61 Å². The number of nitrogens with one attached hydrogen (secondary N) is 1. The number of hydrogen-bond acceptors (Lipinski definition) is 5. The highest BCUT2D eigenvalue weighted by Gasteiger charge is 2.15. The van der Waals surface area contributed by atoms with E-state index in [4.69, 9.17) is 14.2 Å². The Morgan fingerprint density at radius 2 is 1.68 bits per heavy atom. The van der Waals surface area contributed by atoms with Gasteiger partial charge < -0.3 is 19.5 Å². The van der Waals surface area contributed by atoms with Crippen LogP contribution in [-0.4, -0.2) is 25.6 Å². The number of anilines is 1. The van der Waals surface area contributed by atoms with Crippen LogP contribution in [0.15, 0.2) is 66.7 Å². The summed E-state index contributed by atoms with van der Waals surface area (Å²) in [5, 5.41) is 2.76. The summed E-state index contributed by atoms with van der Waals surface area (Å²) in [7, 11) is 1.50. The fourth-order valence-electron chi connectivity index (χ4n) is 2.94. The van der Waals surface area contributed by atoms with E-state index in [9.17, 15) is 9.59 Å². The van der Waals surface area contributed by atoms with Gasteiger partial charge in [-0.3, -0.25) is 4.79 Å². The van der Waals surface area contributed by atoms with Crippen LogP contribution >= 0.6 is 0 Å². The lowest BCUT2D eigenvalue weighted by molar-refractivity contribution is -0.119. The van der Waals surface area contributed by atoms with Crippen LogP contribution in [0.25, 0.3) is 0 Å². The minimum absolute atomic E-state index is 0.267. The number of hydrogen-bond donors (Lipinski definition) is 1. The molecule has 3 rings (SSSR count). The molecular formula is C25H25NO5. The third-order valence-corrected chi connectivity index (χ3v) is 4.85. The average Bonchev–Trinajstić information content (AvgIpc) is 2.79. The standard InChI is InChI=1S/C25H25NO5/c1-17-8-7-11-21(18(17)2)26-24(27)16-31-25(28)20-12-13-22(23(14-20)29-3)30-15-19-9-5-4-6-10-19/h4-14H,15-16H2,1-3H3,(H,26,27). The lowest BCUT2D eigenvalue weighted by Crippen LogP contribution is -2.21. The molecule has 0 heterocycles. The normalized spacial score (nSPS) is 10.3. The summed E-state index contributed by atoms with van der Waals surface area (Å²) in [4.78, 5) is 24.6. The van der Waals surface area contributed by atoms with Crippen LogP contribution in [0.5, 0.6) is 11.5 Å². The molecule has 3 aromatic carbocycles. The van der Waals surface area contributed by atoms with Gasteiger partial charge in [-0.15, -0.1) is 0 Å². The summed E-state index contributed by atoms with van der Waals surface area (Å²) in [6, 6.07) is 20.1. The van der Waals surface area contributed by atoms with E-state index in [1.165, 1.54) is 13.2 Å². The summed E-state index contributed by atoms with van der Waals surface area (Å²) in [5.41, 5.74) is 4.02. The highest BCUT2D eigenvalue weighted by molar-refractivity contribution is 5.96. The van der Waals surface area contributed by atoms with Crippen LogP contribution in [0.3, 0.4) is 0 Å². The molecule has 1 amide bonds. The second-order valence-corrected chi connectivity index (χ2v) is 7.01. The van der Waals surface area contributed by atoms with Crippen LogP contribution in [0.1, 0.15) is 27.0 Å². The number of aryl methyl sites for hydroxylation is 1. The van der Waals surface area contributed by atoms with E-state index in [0.717, 1.165) is 16.7 Å². The molecule has 3 aromatic rings. The third-order valence-electron chi connectivity index (χ3n) is 4.85. The largest absolute Gasteiger partial charge is 0.493 e. The molecule has 0 fully saturated rings. The van der Waals surface area contributed by atoms with Gasteiger partial charge in [-0.05, 0) is 54.8 Å². The second-order valence-electron chi connectivity index (χ2n) is 7.01. The van der Waals surface area contributed by atoms with Gasteiger partial charge in [0.25, 0.3) is 5.91 Å². The topological polar surface area (TPSA) is 73.9 Å². The highest BCUT2D eigenvalue weighted by Crippen LogP contribution is 2.29. The van der Waals surface area contributed by atoms with Crippen molar-refractivity contribution in [2.75, 3.05) is 19.0 Å². The summed E-state index contributed by atoms with van der Waals surface area (Å²) in [6.45, 7) is 3.87. The maximum absolute atomic E-state index is 12.4. The molecule has 160 valence electrons. The predicted octanol–water partition coefficient (Wildman–Crippen LogP) is 4.69. The molecule has 0 spiro atoms. The van der Waals surface area contributed by atoms with Crippen LogP contribution in [-0.2, 0) is 16.1 Å². The first-order chi connectivity index (χ1) is 15.0. The molecule has 31 heavy (non-hydrogen) atoms. The van der Waals surface area contributed by atoms with E-state index in [2.05, 4.69) is 5.32 Å². The molecular weight excluding hydrogens is 394 g/mol. The van der Waals surface area contributed by atoms with Crippen LogP contribution in [0.2, 0.25) is 0 Å². The van der Waals surface area contributed by atoms with Gasteiger partial charge >= 0.3 is 5.97 Å². The number of ether oxygens (including phenoxy) is 3. The number of carbonyl (C=O) groups excluding carboxylic acids is 2. The Bertz CT molecular complexity index is 1060. The highest BCUT2D eigenvalue weighted by atomic mass is 16.5. The molecule has 0 aliphatic rings. The first-order valence-corrected chi connectivity index (χ1v) is 9.86. The summed E-state index contributed by atoms with van der Waals surface area (Å²) >= 11 is 0. The van der Waals surface area contributed by atoms with Crippen molar-refractivity contribution in [3.05, 3.63) is 89.0 Å². The van der Waals surface area contributed by atoms with Crippen LogP contribution in [0.4, 0.5) is 5.69 Å². The van der Waals surface area contributed by atoms with Crippen molar-refractivity contribution in [3.8, 4) is 11.5 Å².